The van der Waals surface area contributed by atoms with E-state index in [-0.39, 0.29) is 6.04 Å². The Morgan fingerprint density at radius 3 is 2.47 bits per heavy atom. The summed E-state index contributed by atoms with van der Waals surface area (Å²) < 4.78 is 5.38. The third kappa shape index (κ3) is 2.88. The molecule has 2 rings (SSSR count). The summed E-state index contributed by atoms with van der Waals surface area (Å²) in [6.45, 7) is 0. The Labute approximate surface area is 114 Å². The molecule has 2 aromatic carbocycles. The summed E-state index contributed by atoms with van der Waals surface area (Å²) in [7, 11) is 5.71. The minimum absolute atomic E-state index is 0.184. The Balaban J connectivity index is 2.38. The highest BCUT2D eigenvalue weighted by molar-refractivity contribution is 5.50. The largest absolute Gasteiger partial charge is 0.496 e. The minimum atomic E-state index is -0.184. The van der Waals surface area contributed by atoms with E-state index in [4.69, 9.17) is 10.5 Å². The van der Waals surface area contributed by atoms with Crippen LogP contribution in [0.1, 0.15) is 17.2 Å². The van der Waals surface area contributed by atoms with Crippen molar-refractivity contribution in [3.05, 3.63) is 59.7 Å². The van der Waals surface area contributed by atoms with Crippen LogP contribution in [0.2, 0.25) is 0 Å². The van der Waals surface area contributed by atoms with Crippen LogP contribution in [0.3, 0.4) is 0 Å². The second-order valence-electron chi connectivity index (χ2n) is 4.71. The van der Waals surface area contributed by atoms with Crippen molar-refractivity contribution < 1.29 is 4.74 Å². The molecule has 2 aromatic rings. The van der Waals surface area contributed by atoms with E-state index < -0.39 is 0 Å². The Bertz CT molecular complexity index is 552. The van der Waals surface area contributed by atoms with E-state index in [9.17, 15) is 0 Å². The van der Waals surface area contributed by atoms with Gasteiger partial charge >= 0.3 is 0 Å². The maximum atomic E-state index is 6.36. The second kappa shape index (κ2) is 5.76. The first-order valence-electron chi connectivity index (χ1n) is 6.29. The molecule has 0 spiro atoms. The Kier molecular flexibility index (Phi) is 4.07. The van der Waals surface area contributed by atoms with Crippen LogP contribution in [-0.4, -0.2) is 21.2 Å². The summed E-state index contributed by atoms with van der Waals surface area (Å²) in [5.74, 6) is 0.824. The molecule has 0 aromatic heterocycles. The van der Waals surface area contributed by atoms with Gasteiger partial charge in [0.2, 0.25) is 0 Å². The van der Waals surface area contributed by atoms with Gasteiger partial charge in [-0.15, -0.1) is 0 Å². The highest BCUT2D eigenvalue weighted by Gasteiger charge is 2.14. The zero-order valence-electron chi connectivity index (χ0n) is 11.6. The summed E-state index contributed by atoms with van der Waals surface area (Å²) in [5, 5.41) is 0. The van der Waals surface area contributed by atoms with Crippen LogP contribution in [0.5, 0.6) is 5.75 Å². The lowest BCUT2D eigenvalue weighted by Gasteiger charge is -2.19. The lowest BCUT2D eigenvalue weighted by Crippen LogP contribution is -2.14. The zero-order valence-corrected chi connectivity index (χ0v) is 11.6. The number of nitrogens with two attached hydrogens (primary N) is 1. The van der Waals surface area contributed by atoms with Crippen molar-refractivity contribution >= 4 is 5.69 Å². The van der Waals surface area contributed by atoms with Gasteiger partial charge in [-0.2, -0.15) is 0 Å². The summed E-state index contributed by atoms with van der Waals surface area (Å²) in [6.07, 6.45) is 0. The van der Waals surface area contributed by atoms with E-state index in [0.717, 1.165) is 22.6 Å². The van der Waals surface area contributed by atoms with Crippen LogP contribution in [-0.2, 0) is 0 Å². The molecule has 0 aliphatic heterocycles. The van der Waals surface area contributed by atoms with Crippen molar-refractivity contribution in [3.8, 4) is 5.75 Å². The van der Waals surface area contributed by atoms with Gasteiger partial charge < -0.3 is 15.4 Å². The van der Waals surface area contributed by atoms with Crippen molar-refractivity contribution in [2.24, 2.45) is 5.73 Å². The molecule has 0 bridgehead atoms. The highest BCUT2D eigenvalue weighted by Crippen LogP contribution is 2.29. The number of rotatable bonds is 4. The molecule has 3 heteroatoms. The van der Waals surface area contributed by atoms with Crippen LogP contribution in [0.25, 0.3) is 0 Å². The first-order chi connectivity index (χ1) is 9.13. The Morgan fingerprint density at radius 2 is 1.79 bits per heavy atom. The van der Waals surface area contributed by atoms with Gasteiger partial charge in [-0.25, -0.2) is 0 Å². The summed E-state index contributed by atoms with van der Waals surface area (Å²) in [4.78, 5) is 2.07. The molecule has 0 aliphatic carbocycles. The molecule has 0 radical (unpaired) electrons. The van der Waals surface area contributed by atoms with E-state index in [1.807, 2.05) is 50.5 Å². The maximum Gasteiger partial charge on any atom is 0.123 e. The predicted molar refractivity (Wildman–Crippen MR) is 79.8 cm³/mol. The van der Waals surface area contributed by atoms with Gasteiger partial charge in [-0.3, -0.25) is 0 Å². The van der Waals surface area contributed by atoms with Crippen molar-refractivity contribution in [2.75, 3.05) is 26.1 Å². The number of hydrogen-bond acceptors (Lipinski definition) is 3. The minimum Gasteiger partial charge on any atom is -0.496 e. The van der Waals surface area contributed by atoms with Gasteiger partial charge in [0.25, 0.3) is 0 Å². The van der Waals surface area contributed by atoms with Gasteiger partial charge in [0.05, 0.1) is 13.2 Å². The molecule has 0 saturated heterocycles. The lowest BCUT2D eigenvalue weighted by molar-refractivity contribution is 0.408. The fourth-order valence-electron chi connectivity index (χ4n) is 2.10. The third-order valence-corrected chi connectivity index (χ3v) is 3.22. The van der Waals surface area contributed by atoms with Crippen molar-refractivity contribution in [1.82, 2.24) is 0 Å². The quantitative estimate of drug-likeness (QED) is 0.914. The molecule has 0 heterocycles. The number of ether oxygens (including phenoxy) is 1. The van der Waals surface area contributed by atoms with Gasteiger partial charge in [-0.1, -0.05) is 30.3 Å². The van der Waals surface area contributed by atoms with E-state index in [1.54, 1.807) is 7.11 Å². The predicted octanol–water partition coefficient (Wildman–Crippen LogP) is 2.81. The fourth-order valence-corrected chi connectivity index (χ4v) is 2.10. The van der Waals surface area contributed by atoms with Gasteiger partial charge in [-0.05, 0) is 23.8 Å². The van der Waals surface area contributed by atoms with Crippen molar-refractivity contribution in [2.45, 2.75) is 6.04 Å². The lowest BCUT2D eigenvalue weighted by atomic mass is 9.98. The molecule has 2 N–H and O–H groups in total. The molecule has 1 atom stereocenters. The van der Waals surface area contributed by atoms with E-state index >= 15 is 0 Å². The molecule has 0 aliphatic rings. The fraction of sp³-hybridized carbons (Fsp3) is 0.250. The topological polar surface area (TPSA) is 38.5 Å². The highest BCUT2D eigenvalue weighted by atomic mass is 16.5. The van der Waals surface area contributed by atoms with E-state index in [2.05, 4.69) is 17.0 Å². The molecule has 3 nitrogen and oxygen atoms in total. The van der Waals surface area contributed by atoms with Gasteiger partial charge in [0.15, 0.2) is 0 Å². The average molecular weight is 256 g/mol. The summed E-state index contributed by atoms with van der Waals surface area (Å²) in [6, 6.07) is 15.9. The number of benzene rings is 2. The number of para-hydroxylation sites is 1. The molecule has 19 heavy (non-hydrogen) atoms. The third-order valence-electron chi connectivity index (χ3n) is 3.22. The first-order valence-corrected chi connectivity index (χ1v) is 6.29. The molecular formula is C16H20N2O. The van der Waals surface area contributed by atoms with E-state index in [1.165, 1.54) is 0 Å². The Morgan fingerprint density at radius 1 is 1.05 bits per heavy atom. The molecular weight excluding hydrogens is 236 g/mol. The van der Waals surface area contributed by atoms with Crippen LogP contribution in [0.15, 0.2) is 48.5 Å². The van der Waals surface area contributed by atoms with Gasteiger partial charge in [0, 0.05) is 25.3 Å². The zero-order chi connectivity index (χ0) is 13.8. The number of nitrogens with zero attached hydrogens (tertiary/aromatic N) is 1. The molecule has 0 fully saturated rings. The van der Waals surface area contributed by atoms with Crippen molar-refractivity contribution in [3.63, 3.8) is 0 Å². The maximum absolute atomic E-state index is 6.36. The number of hydrogen-bond donors (Lipinski definition) is 1. The van der Waals surface area contributed by atoms with Crippen LogP contribution in [0, 0.1) is 0 Å². The monoisotopic (exact) mass is 256 g/mol. The average Bonchev–Trinajstić information content (AvgIpc) is 2.46. The molecule has 0 amide bonds. The smallest absolute Gasteiger partial charge is 0.123 e. The van der Waals surface area contributed by atoms with Crippen LogP contribution in [0.4, 0.5) is 5.69 Å². The van der Waals surface area contributed by atoms with Crippen LogP contribution >= 0.6 is 0 Å². The van der Waals surface area contributed by atoms with Crippen LogP contribution < -0.4 is 15.4 Å². The summed E-state index contributed by atoms with van der Waals surface area (Å²) in [5.41, 5.74) is 9.58. The van der Waals surface area contributed by atoms with Crippen molar-refractivity contribution in [1.29, 1.82) is 0 Å². The normalized spacial score (nSPS) is 12.0. The van der Waals surface area contributed by atoms with E-state index in [0.29, 0.717) is 0 Å². The second-order valence-corrected chi connectivity index (χ2v) is 4.71. The molecule has 0 saturated carbocycles. The SMILES string of the molecule is COc1ccccc1C(N)c1cccc(N(C)C)c1. The molecule has 1 unspecified atom stereocenters. The first kappa shape index (κ1) is 13.4. The number of anilines is 1. The number of methoxy groups -OCH3 is 1. The standard InChI is InChI=1S/C16H20N2O/c1-18(2)13-8-6-7-12(11-13)16(17)14-9-4-5-10-15(14)19-3/h4-11,16H,17H2,1-3H3. The summed E-state index contributed by atoms with van der Waals surface area (Å²) >= 11 is 0. The molecule has 100 valence electrons. The van der Waals surface area contributed by atoms with Gasteiger partial charge in [0.1, 0.15) is 5.75 Å². The Hall–Kier alpha value is -2.00.